The molecule has 0 aliphatic carbocycles. The van der Waals surface area contributed by atoms with E-state index in [0.29, 0.717) is 0 Å². The minimum atomic E-state index is 0.765. The fraction of sp³-hybridized carbons (Fsp3) is 0.0625. The van der Waals surface area contributed by atoms with Crippen LogP contribution in [0.4, 0.5) is 5.69 Å². The largest absolute Gasteiger partial charge is 0.497 e. The van der Waals surface area contributed by atoms with Crippen molar-refractivity contribution in [1.82, 2.24) is 14.9 Å². The lowest BCUT2D eigenvalue weighted by molar-refractivity contribution is 0.415. The Bertz CT molecular complexity index is 877. The van der Waals surface area contributed by atoms with Crippen molar-refractivity contribution in [1.29, 1.82) is 0 Å². The van der Waals surface area contributed by atoms with E-state index in [-0.39, 0.29) is 0 Å². The van der Waals surface area contributed by atoms with Gasteiger partial charge in [0.05, 0.1) is 12.8 Å². The Kier molecular flexibility index (Phi) is 4.14. The number of methoxy groups -OCH3 is 1. The second-order valence-electron chi connectivity index (χ2n) is 4.90. The normalized spacial score (nSPS) is 15.0. The molecule has 3 aromatic rings. The molecule has 1 aliphatic rings. The maximum atomic E-state index is 5.17. The van der Waals surface area contributed by atoms with E-state index >= 15 is 0 Å². The van der Waals surface area contributed by atoms with Gasteiger partial charge < -0.3 is 4.74 Å². The van der Waals surface area contributed by atoms with Gasteiger partial charge in [0, 0.05) is 5.56 Å². The molecule has 0 unspecified atom stereocenters. The molecule has 0 amide bonds. The van der Waals surface area contributed by atoms with Crippen LogP contribution in [0.5, 0.6) is 5.75 Å². The van der Waals surface area contributed by atoms with E-state index in [0.717, 1.165) is 33.1 Å². The molecule has 6 nitrogen and oxygen atoms in total. The standard InChI is InChI=1S/C16H13N5OS2/c1-22-13-9-7-12(8-10-13)17-15-20-21-14(11-5-3-2-4-6-11)18-19-16(21)24-23-15/h2-10H,1H3,(H,17,20). The quantitative estimate of drug-likeness (QED) is 0.718. The second kappa shape index (κ2) is 6.58. The smallest absolute Gasteiger partial charge is 0.221 e. The Labute approximate surface area is 146 Å². The molecule has 1 aromatic heterocycles. The number of hydrogen-bond acceptors (Lipinski definition) is 6. The summed E-state index contributed by atoms with van der Waals surface area (Å²) >= 11 is 0. The van der Waals surface area contributed by atoms with Crippen molar-refractivity contribution in [2.24, 2.45) is 4.99 Å². The highest BCUT2D eigenvalue weighted by Crippen LogP contribution is 2.37. The van der Waals surface area contributed by atoms with Gasteiger partial charge in [-0.25, -0.2) is 9.67 Å². The summed E-state index contributed by atoms with van der Waals surface area (Å²) in [5.41, 5.74) is 5.12. The summed E-state index contributed by atoms with van der Waals surface area (Å²) in [6, 6.07) is 17.6. The first-order valence-electron chi connectivity index (χ1n) is 7.18. The molecule has 0 spiro atoms. The van der Waals surface area contributed by atoms with E-state index in [1.807, 2.05) is 59.3 Å². The third-order valence-corrected chi connectivity index (χ3v) is 5.38. The first kappa shape index (κ1) is 15.1. The Morgan fingerprint density at radius 2 is 1.79 bits per heavy atom. The molecule has 0 radical (unpaired) electrons. The molecule has 1 aliphatic heterocycles. The van der Waals surface area contributed by atoms with Crippen molar-refractivity contribution < 1.29 is 4.74 Å². The lowest BCUT2D eigenvalue weighted by Gasteiger charge is -2.17. The molecule has 120 valence electrons. The molecular weight excluding hydrogens is 342 g/mol. The van der Waals surface area contributed by atoms with E-state index in [1.54, 1.807) is 7.11 Å². The Morgan fingerprint density at radius 1 is 1.00 bits per heavy atom. The average Bonchev–Trinajstić information content (AvgIpc) is 3.06. The number of nitrogens with one attached hydrogen (secondary N) is 1. The lowest BCUT2D eigenvalue weighted by Crippen LogP contribution is -2.24. The van der Waals surface area contributed by atoms with Crippen LogP contribution in [-0.2, 0) is 0 Å². The fourth-order valence-electron chi connectivity index (χ4n) is 2.21. The SMILES string of the molecule is COc1ccc(N=C2Nn3c(nnc3-c3ccccc3)SS2)cc1. The van der Waals surface area contributed by atoms with Gasteiger partial charge >= 0.3 is 0 Å². The Morgan fingerprint density at radius 3 is 2.54 bits per heavy atom. The number of rotatable bonds is 3. The molecule has 1 N–H and O–H groups in total. The van der Waals surface area contributed by atoms with Crippen LogP contribution in [0.1, 0.15) is 0 Å². The van der Waals surface area contributed by atoms with Crippen molar-refractivity contribution in [2.75, 3.05) is 12.5 Å². The number of aromatic nitrogens is 3. The lowest BCUT2D eigenvalue weighted by atomic mass is 10.2. The molecule has 2 aromatic carbocycles. The first-order chi connectivity index (χ1) is 11.8. The second-order valence-corrected chi connectivity index (χ2v) is 6.99. The molecule has 4 rings (SSSR count). The van der Waals surface area contributed by atoms with Gasteiger partial charge in [-0.1, -0.05) is 30.3 Å². The van der Waals surface area contributed by atoms with Gasteiger partial charge in [0.25, 0.3) is 0 Å². The van der Waals surface area contributed by atoms with Crippen LogP contribution < -0.4 is 10.2 Å². The van der Waals surface area contributed by atoms with Gasteiger partial charge in [-0.05, 0) is 45.9 Å². The van der Waals surface area contributed by atoms with E-state index < -0.39 is 0 Å². The van der Waals surface area contributed by atoms with Crippen LogP contribution in [0.3, 0.4) is 0 Å². The highest BCUT2D eigenvalue weighted by atomic mass is 33.1. The summed E-state index contributed by atoms with van der Waals surface area (Å²) in [6.45, 7) is 0. The zero-order valence-electron chi connectivity index (χ0n) is 12.7. The topological polar surface area (TPSA) is 64.3 Å². The van der Waals surface area contributed by atoms with Gasteiger partial charge in [-0.2, -0.15) is 0 Å². The van der Waals surface area contributed by atoms with Crippen LogP contribution >= 0.6 is 21.6 Å². The van der Waals surface area contributed by atoms with Crippen molar-refractivity contribution in [3.05, 3.63) is 54.6 Å². The van der Waals surface area contributed by atoms with Gasteiger partial charge in [-0.15, -0.1) is 10.2 Å². The number of aliphatic imine (C=N–C) groups is 1. The predicted molar refractivity (Wildman–Crippen MR) is 98.4 cm³/mol. The summed E-state index contributed by atoms with van der Waals surface area (Å²) in [6.07, 6.45) is 0. The van der Waals surface area contributed by atoms with Crippen molar-refractivity contribution in [3.63, 3.8) is 0 Å². The molecule has 8 heteroatoms. The van der Waals surface area contributed by atoms with Crippen LogP contribution in [0.25, 0.3) is 11.4 Å². The Hall–Kier alpha value is -2.45. The monoisotopic (exact) mass is 355 g/mol. The maximum Gasteiger partial charge on any atom is 0.221 e. The van der Waals surface area contributed by atoms with Gasteiger partial charge in [-0.3, -0.25) is 5.43 Å². The summed E-state index contributed by atoms with van der Waals surface area (Å²) in [5.74, 6) is 1.57. The molecule has 0 fully saturated rings. The minimum absolute atomic E-state index is 0.765. The fourth-order valence-corrected chi connectivity index (χ4v) is 3.92. The van der Waals surface area contributed by atoms with Crippen molar-refractivity contribution in [2.45, 2.75) is 5.16 Å². The number of amidine groups is 1. The number of benzene rings is 2. The highest BCUT2D eigenvalue weighted by Gasteiger charge is 2.21. The third kappa shape index (κ3) is 2.98. The Balaban J connectivity index is 1.63. The van der Waals surface area contributed by atoms with Crippen molar-refractivity contribution >= 4 is 32.4 Å². The van der Waals surface area contributed by atoms with E-state index in [9.17, 15) is 0 Å². The molecule has 24 heavy (non-hydrogen) atoms. The number of nitrogens with zero attached hydrogens (tertiary/aromatic N) is 4. The number of ether oxygens (including phenoxy) is 1. The summed E-state index contributed by atoms with van der Waals surface area (Å²) < 4.78 is 7.03. The van der Waals surface area contributed by atoms with Gasteiger partial charge in [0.15, 0.2) is 11.0 Å². The third-order valence-electron chi connectivity index (χ3n) is 3.37. The van der Waals surface area contributed by atoms with Crippen LogP contribution in [-0.4, -0.2) is 27.2 Å². The molecule has 0 saturated heterocycles. The number of fused-ring (bicyclic) bond motifs is 1. The molecule has 0 atom stereocenters. The summed E-state index contributed by atoms with van der Waals surface area (Å²) in [7, 11) is 4.70. The molecular formula is C16H13N5OS2. The van der Waals surface area contributed by atoms with E-state index in [2.05, 4.69) is 20.6 Å². The van der Waals surface area contributed by atoms with E-state index in [4.69, 9.17) is 4.74 Å². The van der Waals surface area contributed by atoms with Gasteiger partial charge in [0.2, 0.25) is 5.16 Å². The van der Waals surface area contributed by atoms with Crippen LogP contribution in [0.2, 0.25) is 0 Å². The van der Waals surface area contributed by atoms with Crippen LogP contribution in [0.15, 0.2) is 64.7 Å². The predicted octanol–water partition coefficient (Wildman–Crippen LogP) is 3.94. The highest BCUT2D eigenvalue weighted by molar-refractivity contribution is 8.82. The maximum absolute atomic E-state index is 5.17. The first-order valence-corrected chi connectivity index (χ1v) is 9.33. The van der Waals surface area contributed by atoms with Crippen LogP contribution in [0, 0.1) is 0 Å². The molecule has 0 saturated carbocycles. The molecule has 0 bridgehead atoms. The zero-order chi connectivity index (χ0) is 16.4. The van der Waals surface area contributed by atoms with Gasteiger partial charge in [0.1, 0.15) is 5.75 Å². The zero-order valence-corrected chi connectivity index (χ0v) is 14.3. The average molecular weight is 355 g/mol. The summed E-state index contributed by atoms with van der Waals surface area (Å²) in [5, 5.41) is 10.1. The van der Waals surface area contributed by atoms with E-state index in [1.165, 1.54) is 21.6 Å². The minimum Gasteiger partial charge on any atom is -0.497 e. The number of hydrogen-bond donors (Lipinski definition) is 1. The van der Waals surface area contributed by atoms with Crippen molar-refractivity contribution in [3.8, 4) is 17.1 Å². The summed E-state index contributed by atoms with van der Waals surface area (Å²) in [4.78, 5) is 4.62. The molecule has 2 heterocycles.